The Morgan fingerprint density at radius 1 is 0.900 bits per heavy atom. The maximum atomic E-state index is 13.5. The molecular weight excluding hydrogens is 388 g/mol. The largest absolute Gasteiger partial charge is 0.283 e. The Labute approximate surface area is 182 Å². The number of anilines is 1. The number of carbonyl (C=O) groups is 1. The molecule has 1 amide bonds. The predicted molar refractivity (Wildman–Crippen MR) is 126 cm³/mol. The van der Waals surface area contributed by atoms with Crippen LogP contribution in [0.15, 0.2) is 60.7 Å². The average Bonchev–Trinajstić information content (AvgIpc) is 3.19. The molecule has 0 aliphatic carbocycles. The Morgan fingerprint density at radius 3 is 2.33 bits per heavy atom. The number of carbonyl (C=O) groups excluding carboxylic acids is 1. The molecule has 0 saturated heterocycles. The lowest BCUT2D eigenvalue weighted by atomic mass is 10.0. The normalized spacial score (nSPS) is 11.1. The lowest BCUT2D eigenvalue weighted by Crippen LogP contribution is -2.32. The minimum absolute atomic E-state index is 0.0712. The number of aryl methyl sites for hydroxylation is 4. The summed E-state index contributed by atoms with van der Waals surface area (Å²) in [6.07, 6.45) is 0.369. The Kier molecular flexibility index (Phi) is 5.69. The standard InChI is InChI=1S/C26H26N2OS/c1-17-10-11-18(2)22(14-17)15-23(29)28(16-21-8-6-5-7-9-21)26-27-24-19(3)12-13-20(4)25(24)30-26/h5-14H,15-16H2,1-4H3. The fourth-order valence-electron chi connectivity index (χ4n) is 3.64. The Hall–Kier alpha value is -2.98. The van der Waals surface area contributed by atoms with Crippen molar-refractivity contribution in [1.29, 1.82) is 0 Å². The second-order valence-electron chi connectivity index (χ2n) is 7.95. The molecule has 0 aliphatic heterocycles. The van der Waals surface area contributed by atoms with Gasteiger partial charge < -0.3 is 0 Å². The minimum atomic E-state index is 0.0712. The van der Waals surface area contributed by atoms with Gasteiger partial charge in [0, 0.05) is 0 Å². The van der Waals surface area contributed by atoms with Crippen LogP contribution in [-0.4, -0.2) is 10.9 Å². The Balaban J connectivity index is 1.74. The van der Waals surface area contributed by atoms with Crippen molar-refractivity contribution in [2.45, 2.75) is 40.7 Å². The van der Waals surface area contributed by atoms with Crippen molar-refractivity contribution in [3.05, 3.63) is 94.0 Å². The number of hydrogen-bond acceptors (Lipinski definition) is 3. The van der Waals surface area contributed by atoms with Gasteiger partial charge >= 0.3 is 0 Å². The van der Waals surface area contributed by atoms with E-state index in [0.717, 1.165) is 37.6 Å². The smallest absolute Gasteiger partial charge is 0.233 e. The summed E-state index contributed by atoms with van der Waals surface area (Å²) in [5, 5.41) is 0.765. The maximum absolute atomic E-state index is 13.5. The van der Waals surface area contributed by atoms with Crippen molar-refractivity contribution < 1.29 is 4.79 Å². The number of benzene rings is 3. The van der Waals surface area contributed by atoms with Crippen molar-refractivity contribution >= 4 is 32.6 Å². The second kappa shape index (κ2) is 8.41. The van der Waals surface area contributed by atoms with Crippen LogP contribution < -0.4 is 4.90 Å². The second-order valence-corrected chi connectivity index (χ2v) is 8.92. The van der Waals surface area contributed by atoms with Crippen molar-refractivity contribution in [2.75, 3.05) is 4.90 Å². The van der Waals surface area contributed by atoms with E-state index in [-0.39, 0.29) is 5.91 Å². The molecule has 4 rings (SSSR count). The lowest BCUT2D eigenvalue weighted by Gasteiger charge is -2.21. The van der Waals surface area contributed by atoms with Gasteiger partial charge in [0.05, 0.1) is 23.2 Å². The van der Waals surface area contributed by atoms with E-state index < -0.39 is 0 Å². The third kappa shape index (κ3) is 4.14. The molecule has 0 spiro atoms. The van der Waals surface area contributed by atoms with E-state index in [0.29, 0.717) is 13.0 Å². The summed E-state index contributed by atoms with van der Waals surface area (Å²) in [6.45, 7) is 8.82. The van der Waals surface area contributed by atoms with E-state index in [1.165, 1.54) is 11.1 Å². The molecule has 3 aromatic carbocycles. The first-order chi connectivity index (χ1) is 14.4. The fraction of sp³-hybridized carbons (Fsp3) is 0.231. The molecule has 1 heterocycles. The van der Waals surface area contributed by atoms with Crippen molar-refractivity contribution in [3.8, 4) is 0 Å². The quantitative estimate of drug-likeness (QED) is 0.384. The highest BCUT2D eigenvalue weighted by Crippen LogP contribution is 2.34. The molecule has 0 unspecified atom stereocenters. The van der Waals surface area contributed by atoms with Gasteiger partial charge in [0.25, 0.3) is 0 Å². The first-order valence-corrected chi connectivity index (χ1v) is 11.0. The van der Waals surface area contributed by atoms with Crippen molar-refractivity contribution in [1.82, 2.24) is 4.98 Å². The number of amides is 1. The van der Waals surface area contributed by atoms with E-state index in [2.05, 4.69) is 70.2 Å². The average molecular weight is 415 g/mol. The number of aromatic nitrogens is 1. The highest BCUT2D eigenvalue weighted by Gasteiger charge is 2.22. The summed E-state index contributed by atoms with van der Waals surface area (Å²) in [7, 11) is 0. The molecule has 0 bridgehead atoms. The molecule has 0 aliphatic rings. The van der Waals surface area contributed by atoms with Crippen LogP contribution in [0.1, 0.15) is 33.4 Å². The molecule has 0 N–H and O–H groups in total. The van der Waals surface area contributed by atoms with Gasteiger partial charge in [-0.3, -0.25) is 9.69 Å². The van der Waals surface area contributed by atoms with Gasteiger partial charge in [-0.1, -0.05) is 77.6 Å². The predicted octanol–water partition coefficient (Wildman–Crippen LogP) is 6.31. The first-order valence-electron chi connectivity index (χ1n) is 10.2. The molecule has 30 heavy (non-hydrogen) atoms. The molecule has 0 fully saturated rings. The molecule has 4 aromatic rings. The van der Waals surface area contributed by atoms with Gasteiger partial charge in [-0.05, 0) is 55.5 Å². The minimum Gasteiger partial charge on any atom is -0.283 e. The summed E-state index contributed by atoms with van der Waals surface area (Å²) in [5.74, 6) is 0.0712. The monoisotopic (exact) mass is 414 g/mol. The molecule has 4 heteroatoms. The first kappa shape index (κ1) is 20.3. The zero-order valence-electron chi connectivity index (χ0n) is 17.9. The van der Waals surface area contributed by atoms with Crippen LogP contribution in [0.5, 0.6) is 0 Å². The third-order valence-corrected chi connectivity index (χ3v) is 6.71. The van der Waals surface area contributed by atoms with Gasteiger partial charge in [-0.25, -0.2) is 4.98 Å². The highest BCUT2D eigenvalue weighted by molar-refractivity contribution is 7.22. The van der Waals surface area contributed by atoms with Crippen LogP contribution in [0.25, 0.3) is 10.2 Å². The van der Waals surface area contributed by atoms with E-state index in [9.17, 15) is 4.79 Å². The van der Waals surface area contributed by atoms with E-state index in [4.69, 9.17) is 4.98 Å². The van der Waals surface area contributed by atoms with Gasteiger partial charge in [0.2, 0.25) is 5.91 Å². The third-order valence-electron chi connectivity index (χ3n) is 5.49. The molecule has 1 aromatic heterocycles. The fourth-order valence-corrected chi connectivity index (χ4v) is 4.77. The lowest BCUT2D eigenvalue weighted by molar-refractivity contribution is -0.118. The maximum Gasteiger partial charge on any atom is 0.233 e. The highest BCUT2D eigenvalue weighted by atomic mass is 32.1. The van der Waals surface area contributed by atoms with Crippen LogP contribution in [0, 0.1) is 27.7 Å². The zero-order chi connectivity index (χ0) is 21.3. The molecule has 152 valence electrons. The van der Waals surface area contributed by atoms with E-state index in [1.54, 1.807) is 11.3 Å². The molecule has 3 nitrogen and oxygen atoms in total. The summed E-state index contributed by atoms with van der Waals surface area (Å²) < 4.78 is 1.16. The summed E-state index contributed by atoms with van der Waals surface area (Å²) in [6, 6.07) is 20.6. The number of nitrogens with zero attached hydrogens (tertiary/aromatic N) is 2. The summed E-state index contributed by atoms with van der Waals surface area (Å²) >= 11 is 1.61. The van der Waals surface area contributed by atoms with E-state index in [1.807, 2.05) is 23.1 Å². The number of rotatable bonds is 5. The number of fused-ring (bicyclic) bond motifs is 1. The topological polar surface area (TPSA) is 33.2 Å². The summed E-state index contributed by atoms with van der Waals surface area (Å²) in [4.78, 5) is 20.3. The van der Waals surface area contributed by atoms with Gasteiger partial charge in [-0.15, -0.1) is 0 Å². The van der Waals surface area contributed by atoms with Crippen molar-refractivity contribution in [3.63, 3.8) is 0 Å². The summed E-state index contributed by atoms with van der Waals surface area (Å²) in [5.41, 5.74) is 7.81. The van der Waals surface area contributed by atoms with Gasteiger partial charge in [-0.2, -0.15) is 0 Å². The number of thiazole rings is 1. The molecule has 0 radical (unpaired) electrons. The van der Waals surface area contributed by atoms with Crippen LogP contribution >= 0.6 is 11.3 Å². The van der Waals surface area contributed by atoms with Crippen LogP contribution in [0.4, 0.5) is 5.13 Å². The van der Waals surface area contributed by atoms with E-state index >= 15 is 0 Å². The Bertz CT molecular complexity index is 1170. The number of hydrogen-bond donors (Lipinski definition) is 0. The Morgan fingerprint density at radius 2 is 1.60 bits per heavy atom. The van der Waals surface area contributed by atoms with Crippen molar-refractivity contribution in [2.24, 2.45) is 0 Å². The molecule has 0 atom stereocenters. The van der Waals surface area contributed by atoms with Gasteiger partial charge in [0.15, 0.2) is 5.13 Å². The van der Waals surface area contributed by atoms with Crippen LogP contribution in [0.2, 0.25) is 0 Å². The van der Waals surface area contributed by atoms with Crippen LogP contribution in [0.3, 0.4) is 0 Å². The SMILES string of the molecule is Cc1ccc(C)c(CC(=O)N(Cc2ccccc2)c2nc3c(C)ccc(C)c3s2)c1. The van der Waals surface area contributed by atoms with Gasteiger partial charge in [0.1, 0.15) is 0 Å². The zero-order valence-corrected chi connectivity index (χ0v) is 18.7. The van der Waals surface area contributed by atoms with Crippen LogP contribution in [-0.2, 0) is 17.8 Å². The molecule has 0 saturated carbocycles. The molecular formula is C26H26N2OS.